The van der Waals surface area contributed by atoms with Crippen LogP contribution in [0, 0.1) is 28.6 Å². The molecule has 10 atom stereocenters. The molecule has 0 bridgehead atoms. The fourth-order valence-corrected chi connectivity index (χ4v) is 8.81. The van der Waals surface area contributed by atoms with Gasteiger partial charge < -0.3 is 19.4 Å². The van der Waals surface area contributed by atoms with Crippen LogP contribution in [0.5, 0.6) is 0 Å². The Kier molecular flexibility index (Phi) is 3.68. The van der Waals surface area contributed by atoms with Crippen LogP contribution in [0.25, 0.3) is 0 Å². The Hall–Kier alpha value is -1.17. The second kappa shape index (κ2) is 5.74. The van der Waals surface area contributed by atoms with Crippen molar-refractivity contribution in [2.75, 3.05) is 0 Å². The molecule has 0 amide bonds. The first-order valence-electron chi connectivity index (χ1n) is 11.4. The van der Waals surface area contributed by atoms with Gasteiger partial charge in [-0.2, -0.15) is 0 Å². The number of fused-ring (bicyclic) bond motifs is 3. The summed E-state index contributed by atoms with van der Waals surface area (Å²) in [6, 6.07) is 3.30. The molecule has 5 aliphatic rings. The molecule has 4 aliphatic carbocycles. The minimum atomic E-state index is -0.551. The number of hydrogen-bond acceptors (Lipinski definition) is 5. The van der Waals surface area contributed by atoms with E-state index in [0.29, 0.717) is 17.8 Å². The molecule has 1 aromatic heterocycles. The zero-order chi connectivity index (χ0) is 20.2. The van der Waals surface area contributed by atoms with Crippen LogP contribution in [-0.2, 0) is 4.74 Å². The Labute approximate surface area is 171 Å². The van der Waals surface area contributed by atoms with Crippen LogP contribution in [0.3, 0.4) is 0 Å². The molecule has 0 aromatic carbocycles. The molecule has 0 unspecified atom stereocenters. The van der Waals surface area contributed by atoms with Crippen molar-refractivity contribution >= 4 is 0 Å². The Bertz CT molecular complexity index is 875. The summed E-state index contributed by atoms with van der Waals surface area (Å²) in [6.07, 6.45) is 8.19. The standard InChI is InChI=1S/C24H32O5/c1-22-9-7-15(25)11-14(22)4-5-17-16(22)8-10-23(2)19(13-3-6-18(26)28-12-13)20(27)21-24(17,23)29-21/h3,6,12,14-17,19-21,25,27H,4-5,7-11H2,1-2H3/t14-,15+,16+,17-,19+,20+,21-,22+,23-,24-/m1/s1. The average molecular weight is 401 g/mol. The van der Waals surface area contributed by atoms with Crippen molar-refractivity contribution in [3.05, 3.63) is 34.4 Å². The van der Waals surface area contributed by atoms with Crippen LogP contribution in [0.1, 0.15) is 70.3 Å². The van der Waals surface area contributed by atoms with Gasteiger partial charge in [-0.15, -0.1) is 0 Å². The first-order valence-corrected chi connectivity index (χ1v) is 11.4. The second-order valence-electron chi connectivity index (χ2n) is 11.1. The van der Waals surface area contributed by atoms with E-state index < -0.39 is 6.10 Å². The first-order chi connectivity index (χ1) is 13.8. The molecule has 1 aliphatic heterocycles. The van der Waals surface area contributed by atoms with Crippen molar-refractivity contribution in [1.29, 1.82) is 0 Å². The van der Waals surface area contributed by atoms with Gasteiger partial charge in [0, 0.05) is 17.4 Å². The van der Waals surface area contributed by atoms with Crippen molar-refractivity contribution in [3.8, 4) is 0 Å². The van der Waals surface area contributed by atoms with Gasteiger partial charge in [0.2, 0.25) is 0 Å². The fraction of sp³-hybridized carbons (Fsp3) is 0.792. The van der Waals surface area contributed by atoms with Crippen LogP contribution in [-0.4, -0.2) is 34.1 Å². The van der Waals surface area contributed by atoms with Gasteiger partial charge in [-0.05, 0) is 79.7 Å². The highest BCUT2D eigenvalue weighted by atomic mass is 16.6. The molecule has 0 radical (unpaired) electrons. The smallest absolute Gasteiger partial charge is 0.335 e. The normalized spacial score (nSPS) is 55.4. The molecule has 5 nitrogen and oxygen atoms in total. The van der Waals surface area contributed by atoms with Gasteiger partial charge in [-0.1, -0.05) is 13.8 Å². The second-order valence-corrected chi connectivity index (χ2v) is 11.1. The van der Waals surface area contributed by atoms with Gasteiger partial charge in [0.05, 0.1) is 18.5 Å². The van der Waals surface area contributed by atoms with Crippen molar-refractivity contribution in [2.45, 2.75) is 88.6 Å². The summed E-state index contributed by atoms with van der Waals surface area (Å²) >= 11 is 0. The number of ether oxygens (including phenoxy) is 1. The molecule has 1 aromatic rings. The van der Waals surface area contributed by atoms with Gasteiger partial charge in [0.15, 0.2) is 0 Å². The molecule has 2 N–H and O–H groups in total. The first kappa shape index (κ1) is 18.6. The Morgan fingerprint density at radius 3 is 2.62 bits per heavy atom. The third kappa shape index (κ3) is 2.14. The van der Waals surface area contributed by atoms with Crippen LogP contribution < -0.4 is 5.63 Å². The van der Waals surface area contributed by atoms with E-state index in [2.05, 4.69) is 13.8 Å². The highest BCUT2D eigenvalue weighted by Crippen LogP contribution is 2.77. The van der Waals surface area contributed by atoms with E-state index in [0.717, 1.165) is 50.5 Å². The molecule has 1 spiro atoms. The van der Waals surface area contributed by atoms with Gasteiger partial charge in [-0.25, -0.2) is 4.79 Å². The highest BCUT2D eigenvalue weighted by molar-refractivity contribution is 5.38. The van der Waals surface area contributed by atoms with E-state index in [1.807, 2.05) is 6.07 Å². The van der Waals surface area contributed by atoms with E-state index in [4.69, 9.17) is 9.15 Å². The summed E-state index contributed by atoms with van der Waals surface area (Å²) in [5.41, 5.74) is 0.457. The molecular formula is C24H32O5. The van der Waals surface area contributed by atoms with Crippen LogP contribution in [0.2, 0.25) is 0 Å². The highest BCUT2D eigenvalue weighted by Gasteiger charge is 2.83. The summed E-state index contributed by atoms with van der Waals surface area (Å²) in [5.74, 6) is 1.63. The Morgan fingerprint density at radius 1 is 1.03 bits per heavy atom. The van der Waals surface area contributed by atoms with E-state index >= 15 is 0 Å². The molecule has 1 saturated heterocycles. The molecule has 5 heteroatoms. The molecule has 6 rings (SSSR count). The Balaban J connectivity index is 1.38. The van der Waals surface area contributed by atoms with E-state index in [1.54, 1.807) is 6.26 Å². The molecule has 4 saturated carbocycles. The zero-order valence-electron chi connectivity index (χ0n) is 17.3. The molecule has 29 heavy (non-hydrogen) atoms. The fourth-order valence-electron chi connectivity index (χ4n) is 8.81. The number of aliphatic hydroxyl groups excluding tert-OH is 2. The quantitative estimate of drug-likeness (QED) is 0.707. The minimum Gasteiger partial charge on any atom is -0.431 e. The van der Waals surface area contributed by atoms with Gasteiger partial charge in [0.1, 0.15) is 11.7 Å². The van der Waals surface area contributed by atoms with Gasteiger partial charge in [0.25, 0.3) is 0 Å². The third-order valence-electron chi connectivity index (χ3n) is 10.2. The van der Waals surface area contributed by atoms with Gasteiger partial charge >= 0.3 is 5.63 Å². The number of aliphatic hydroxyl groups is 2. The van der Waals surface area contributed by atoms with Crippen LogP contribution >= 0.6 is 0 Å². The minimum absolute atomic E-state index is 0.0507. The molecule has 2 heterocycles. The summed E-state index contributed by atoms with van der Waals surface area (Å²) < 4.78 is 11.6. The van der Waals surface area contributed by atoms with Crippen LogP contribution in [0.4, 0.5) is 0 Å². The monoisotopic (exact) mass is 400 g/mol. The van der Waals surface area contributed by atoms with Crippen LogP contribution in [0.15, 0.2) is 27.6 Å². The average Bonchev–Trinajstić information content (AvgIpc) is 3.40. The lowest BCUT2D eigenvalue weighted by Crippen LogP contribution is -2.58. The number of hydrogen-bond donors (Lipinski definition) is 2. The predicted octanol–water partition coefficient (Wildman–Crippen LogP) is 3.23. The lowest BCUT2D eigenvalue weighted by Gasteiger charge is -2.61. The maximum Gasteiger partial charge on any atom is 0.335 e. The third-order valence-corrected chi connectivity index (χ3v) is 10.2. The Morgan fingerprint density at radius 2 is 1.86 bits per heavy atom. The van der Waals surface area contributed by atoms with Gasteiger partial charge in [-0.3, -0.25) is 0 Å². The summed E-state index contributed by atoms with van der Waals surface area (Å²) in [6.45, 7) is 4.76. The van der Waals surface area contributed by atoms with Crippen molar-refractivity contribution in [3.63, 3.8) is 0 Å². The van der Waals surface area contributed by atoms with E-state index in [9.17, 15) is 15.0 Å². The molecule has 158 valence electrons. The predicted molar refractivity (Wildman–Crippen MR) is 106 cm³/mol. The maximum atomic E-state index is 11.5. The van der Waals surface area contributed by atoms with E-state index in [1.165, 1.54) is 6.07 Å². The molecule has 5 fully saturated rings. The number of epoxide rings is 1. The van der Waals surface area contributed by atoms with Crippen molar-refractivity contribution in [1.82, 2.24) is 0 Å². The summed E-state index contributed by atoms with van der Waals surface area (Å²) in [4.78, 5) is 11.5. The summed E-state index contributed by atoms with van der Waals surface area (Å²) in [7, 11) is 0. The van der Waals surface area contributed by atoms with E-state index in [-0.39, 0.29) is 40.2 Å². The van der Waals surface area contributed by atoms with Crippen molar-refractivity contribution in [2.24, 2.45) is 28.6 Å². The summed E-state index contributed by atoms with van der Waals surface area (Å²) in [5, 5.41) is 21.5. The van der Waals surface area contributed by atoms with Crippen molar-refractivity contribution < 1.29 is 19.4 Å². The maximum absolute atomic E-state index is 11.5. The number of rotatable bonds is 1. The molecular weight excluding hydrogens is 368 g/mol. The topological polar surface area (TPSA) is 83.2 Å². The zero-order valence-corrected chi connectivity index (χ0v) is 17.3. The largest absolute Gasteiger partial charge is 0.431 e. The lowest BCUT2D eigenvalue weighted by molar-refractivity contribution is -0.143. The SMILES string of the molecule is C[C@]12CC[C@H](O)C[C@H]1CC[C@@H]1[C@@H]2CC[C@]2(C)[C@@H](c3ccc(=O)oc3)[C@H](O)[C@H]3O[C@]132. The lowest BCUT2D eigenvalue weighted by atomic mass is 9.44.